The van der Waals surface area contributed by atoms with Crippen LogP contribution >= 0.6 is 11.3 Å². The van der Waals surface area contributed by atoms with Crippen LogP contribution in [-0.2, 0) is 6.42 Å². The molecular weight excluding hydrogens is 258 g/mol. The Morgan fingerprint density at radius 1 is 1.37 bits per heavy atom. The molecule has 1 amide bonds. The van der Waals surface area contributed by atoms with E-state index in [9.17, 15) is 4.79 Å². The van der Waals surface area contributed by atoms with Gasteiger partial charge in [0.1, 0.15) is 11.5 Å². The first-order valence-electron chi connectivity index (χ1n) is 6.13. The number of hydrogen-bond donors (Lipinski definition) is 1. The van der Waals surface area contributed by atoms with Crippen molar-refractivity contribution in [3.8, 4) is 0 Å². The molecule has 2 heterocycles. The Bertz CT molecular complexity index is 539. The van der Waals surface area contributed by atoms with Crippen molar-refractivity contribution in [3.05, 3.63) is 46.3 Å². The Hall–Kier alpha value is -1.88. The number of hydrogen-bond acceptors (Lipinski definition) is 4. The number of aromatic nitrogens is 1. The van der Waals surface area contributed by atoms with Gasteiger partial charge >= 0.3 is 0 Å². The number of amides is 1. The lowest BCUT2D eigenvalue weighted by atomic mass is 10.3. The van der Waals surface area contributed by atoms with E-state index in [1.165, 1.54) is 4.88 Å². The third kappa shape index (κ3) is 3.54. The Morgan fingerprint density at radius 2 is 2.21 bits per heavy atom. The summed E-state index contributed by atoms with van der Waals surface area (Å²) in [6.45, 7) is 0.699. The third-order valence-electron chi connectivity index (χ3n) is 2.84. The van der Waals surface area contributed by atoms with Crippen molar-refractivity contribution in [2.45, 2.75) is 6.42 Å². The molecule has 2 aromatic rings. The van der Waals surface area contributed by atoms with Crippen LogP contribution in [0, 0.1) is 0 Å². The van der Waals surface area contributed by atoms with Gasteiger partial charge in [-0.25, -0.2) is 4.98 Å². The fourth-order valence-electron chi connectivity index (χ4n) is 1.72. The molecule has 0 spiro atoms. The Morgan fingerprint density at radius 3 is 2.89 bits per heavy atom. The van der Waals surface area contributed by atoms with E-state index in [0.717, 1.165) is 6.42 Å². The minimum Gasteiger partial charge on any atom is -0.373 e. The Balaban J connectivity index is 1.97. The highest BCUT2D eigenvalue weighted by Gasteiger charge is 2.13. The van der Waals surface area contributed by atoms with Gasteiger partial charge in [0.25, 0.3) is 5.91 Å². The summed E-state index contributed by atoms with van der Waals surface area (Å²) >= 11 is 1.71. The molecule has 0 saturated heterocycles. The highest BCUT2D eigenvalue weighted by Crippen LogP contribution is 2.11. The summed E-state index contributed by atoms with van der Waals surface area (Å²) in [5, 5.41) is 4.99. The van der Waals surface area contributed by atoms with Crippen LogP contribution in [0.1, 0.15) is 15.4 Å². The van der Waals surface area contributed by atoms with Crippen LogP contribution in [0.2, 0.25) is 0 Å². The molecule has 0 saturated carbocycles. The molecule has 0 atom stereocenters. The zero-order chi connectivity index (χ0) is 13.7. The molecule has 0 bridgehead atoms. The molecule has 0 aromatic carbocycles. The van der Waals surface area contributed by atoms with E-state index in [4.69, 9.17) is 0 Å². The molecule has 0 fully saturated rings. The van der Waals surface area contributed by atoms with Crippen LogP contribution in [0.5, 0.6) is 0 Å². The van der Waals surface area contributed by atoms with Crippen LogP contribution in [-0.4, -0.2) is 36.4 Å². The number of carbonyl (C=O) groups is 1. The monoisotopic (exact) mass is 275 g/mol. The normalized spacial score (nSPS) is 10.2. The molecule has 1 N–H and O–H groups in total. The molecule has 0 aliphatic carbocycles. The van der Waals surface area contributed by atoms with E-state index in [0.29, 0.717) is 18.1 Å². The molecule has 4 nitrogen and oxygen atoms in total. The van der Waals surface area contributed by atoms with Crippen LogP contribution in [0.15, 0.2) is 35.7 Å². The predicted octanol–water partition coefficient (Wildman–Crippen LogP) is 2.50. The first-order valence-corrected chi connectivity index (χ1v) is 7.01. The van der Waals surface area contributed by atoms with Gasteiger partial charge in [0.15, 0.2) is 0 Å². The third-order valence-corrected chi connectivity index (χ3v) is 3.78. The lowest BCUT2D eigenvalue weighted by molar-refractivity contribution is 0.0791. The van der Waals surface area contributed by atoms with Crippen LogP contribution < -0.4 is 5.32 Å². The van der Waals surface area contributed by atoms with Crippen molar-refractivity contribution < 1.29 is 4.79 Å². The number of pyridine rings is 1. The standard InChI is InChI=1S/C14H17N3OS/c1-15-13-7-3-6-12(16-13)14(18)17(2)9-8-11-5-4-10-19-11/h3-7,10H,8-9H2,1-2H3,(H,15,16). The molecule has 5 heteroatoms. The summed E-state index contributed by atoms with van der Waals surface area (Å²) in [5.41, 5.74) is 0.473. The van der Waals surface area contributed by atoms with Crippen molar-refractivity contribution in [2.75, 3.05) is 26.0 Å². The highest BCUT2D eigenvalue weighted by atomic mass is 32.1. The van der Waals surface area contributed by atoms with Crippen molar-refractivity contribution in [1.82, 2.24) is 9.88 Å². The summed E-state index contributed by atoms with van der Waals surface area (Å²) < 4.78 is 0. The maximum atomic E-state index is 12.2. The maximum Gasteiger partial charge on any atom is 0.272 e. The molecule has 0 unspecified atom stereocenters. The maximum absolute atomic E-state index is 12.2. The van der Waals surface area contributed by atoms with Gasteiger partial charge < -0.3 is 10.2 Å². The largest absolute Gasteiger partial charge is 0.373 e. The number of rotatable bonds is 5. The average Bonchev–Trinajstić information content (AvgIpc) is 2.97. The van der Waals surface area contributed by atoms with E-state index >= 15 is 0 Å². The van der Waals surface area contributed by atoms with Gasteiger partial charge in [-0.3, -0.25) is 4.79 Å². The molecule has 0 radical (unpaired) electrons. The molecule has 2 aromatic heterocycles. The second kappa shape index (κ2) is 6.33. The van der Waals surface area contributed by atoms with E-state index in [1.807, 2.05) is 25.2 Å². The average molecular weight is 275 g/mol. The number of nitrogens with zero attached hydrogens (tertiary/aromatic N) is 2. The predicted molar refractivity (Wildman–Crippen MR) is 78.8 cm³/mol. The summed E-state index contributed by atoms with van der Waals surface area (Å²) in [5.74, 6) is 0.658. The van der Waals surface area contributed by atoms with Gasteiger partial charge in [-0.15, -0.1) is 11.3 Å². The Kier molecular flexibility index (Phi) is 4.52. The molecule has 19 heavy (non-hydrogen) atoms. The van der Waals surface area contributed by atoms with Crippen LogP contribution in [0.3, 0.4) is 0 Å². The topological polar surface area (TPSA) is 45.2 Å². The Labute approximate surface area is 117 Å². The van der Waals surface area contributed by atoms with Gasteiger partial charge in [-0.2, -0.15) is 0 Å². The number of carbonyl (C=O) groups excluding carboxylic acids is 1. The van der Waals surface area contributed by atoms with Crippen molar-refractivity contribution in [3.63, 3.8) is 0 Å². The van der Waals surface area contributed by atoms with Crippen LogP contribution in [0.4, 0.5) is 5.82 Å². The number of nitrogens with one attached hydrogen (secondary N) is 1. The second-order valence-electron chi connectivity index (χ2n) is 4.21. The number of thiophene rings is 1. The molecular formula is C14H17N3OS. The van der Waals surface area contributed by atoms with E-state index in [2.05, 4.69) is 21.7 Å². The number of likely N-dealkylation sites (N-methyl/N-ethyl adjacent to an activating group) is 1. The number of anilines is 1. The van der Waals surface area contributed by atoms with Crippen molar-refractivity contribution >= 4 is 23.1 Å². The highest BCUT2D eigenvalue weighted by molar-refractivity contribution is 7.09. The van der Waals surface area contributed by atoms with Gasteiger partial charge in [0, 0.05) is 25.5 Å². The molecule has 0 aliphatic heterocycles. The van der Waals surface area contributed by atoms with Gasteiger partial charge in [0.05, 0.1) is 0 Å². The first-order chi connectivity index (χ1) is 9.20. The lowest BCUT2D eigenvalue weighted by Crippen LogP contribution is -2.29. The summed E-state index contributed by atoms with van der Waals surface area (Å²) in [7, 11) is 3.60. The fourth-order valence-corrected chi connectivity index (χ4v) is 2.42. The minimum atomic E-state index is -0.0475. The fraction of sp³-hybridized carbons (Fsp3) is 0.286. The van der Waals surface area contributed by atoms with Crippen LogP contribution in [0.25, 0.3) is 0 Å². The van der Waals surface area contributed by atoms with E-state index < -0.39 is 0 Å². The lowest BCUT2D eigenvalue weighted by Gasteiger charge is -2.16. The van der Waals surface area contributed by atoms with Crippen molar-refractivity contribution in [2.24, 2.45) is 0 Å². The zero-order valence-corrected chi connectivity index (χ0v) is 11.9. The summed E-state index contributed by atoms with van der Waals surface area (Å²) in [4.78, 5) is 19.5. The van der Waals surface area contributed by atoms with Crippen molar-refractivity contribution in [1.29, 1.82) is 0 Å². The first kappa shape index (κ1) is 13.5. The SMILES string of the molecule is CNc1cccc(C(=O)N(C)CCc2cccs2)n1. The summed E-state index contributed by atoms with van der Waals surface area (Å²) in [6.07, 6.45) is 0.881. The second-order valence-corrected chi connectivity index (χ2v) is 5.25. The summed E-state index contributed by atoms with van der Waals surface area (Å²) in [6, 6.07) is 9.52. The molecule has 2 rings (SSSR count). The van der Waals surface area contributed by atoms with Gasteiger partial charge in [-0.1, -0.05) is 12.1 Å². The molecule has 100 valence electrons. The molecule has 0 aliphatic rings. The smallest absolute Gasteiger partial charge is 0.272 e. The quantitative estimate of drug-likeness (QED) is 0.912. The van der Waals surface area contributed by atoms with Gasteiger partial charge in [0.2, 0.25) is 0 Å². The zero-order valence-electron chi connectivity index (χ0n) is 11.1. The minimum absolute atomic E-state index is 0.0475. The van der Waals surface area contributed by atoms with E-state index in [-0.39, 0.29) is 5.91 Å². The van der Waals surface area contributed by atoms with Gasteiger partial charge in [-0.05, 0) is 30.0 Å². The van der Waals surface area contributed by atoms with E-state index in [1.54, 1.807) is 29.4 Å².